The third-order valence-corrected chi connectivity index (χ3v) is 6.84. The van der Waals surface area contributed by atoms with Gasteiger partial charge >= 0.3 is 5.97 Å². The number of rotatable bonds is 8. The summed E-state index contributed by atoms with van der Waals surface area (Å²) in [6, 6.07) is 18.0. The minimum Gasteiger partial charge on any atom is -0.465 e. The first-order valence-electron chi connectivity index (χ1n) is 12.6. The van der Waals surface area contributed by atoms with Crippen molar-refractivity contribution in [2.45, 2.75) is 59.0 Å². The Morgan fingerprint density at radius 2 is 1.81 bits per heavy atom. The van der Waals surface area contributed by atoms with E-state index in [9.17, 15) is 9.59 Å². The SMILES string of the molecule is CCCCn1c(C(=O)NC(C)(C)C)cc(C(=O)OC)c1Cc1c(-c2ccccc2)[nH]c2ccc(Br)cc12. The molecule has 0 spiro atoms. The molecule has 0 bridgehead atoms. The molecule has 2 aromatic carbocycles. The lowest BCUT2D eigenvalue weighted by molar-refractivity contribution is 0.0599. The molecule has 0 radical (unpaired) electrons. The van der Waals surface area contributed by atoms with Crippen molar-refractivity contribution in [2.75, 3.05) is 7.11 Å². The van der Waals surface area contributed by atoms with Crippen molar-refractivity contribution < 1.29 is 14.3 Å². The summed E-state index contributed by atoms with van der Waals surface area (Å²) in [5.74, 6) is -0.651. The number of halogens is 1. The van der Waals surface area contributed by atoms with E-state index in [0.717, 1.165) is 50.7 Å². The Kier molecular flexibility index (Phi) is 7.93. The van der Waals surface area contributed by atoms with E-state index < -0.39 is 11.5 Å². The van der Waals surface area contributed by atoms with Crippen molar-refractivity contribution in [3.05, 3.63) is 81.6 Å². The lowest BCUT2D eigenvalue weighted by Gasteiger charge is -2.21. The number of hydrogen-bond donors (Lipinski definition) is 2. The first kappa shape index (κ1) is 26.7. The van der Waals surface area contributed by atoms with Crippen LogP contribution in [0.3, 0.4) is 0 Å². The third kappa shape index (κ3) is 5.82. The second-order valence-corrected chi connectivity index (χ2v) is 11.2. The van der Waals surface area contributed by atoms with Gasteiger partial charge < -0.3 is 19.6 Å². The second-order valence-electron chi connectivity index (χ2n) is 10.3. The fraction of sp³-hybridized carbons (Fsp3) is 0.333. The molecule has 0 atom stereocenters. The number of H-pyrrole nitrogens is 1. The van der Waals surface area contributed by atoms with Gasteiger partial charge in [0.25, 0.3) is 5.91 Å². The Labute approximate surface area is 226 Å². The maximum atomic E-state index is 13.4. The van der Waals surface area contributed by atoms with Crippen molar-refractivity contribution in [2.24, 2.45) is 0 Å². The quantitative estimate of drug-likeness (QED) is 0.224. The summed E-state index contributed by atoms with van der Waals surface area (Å²) in [6.45, 7) is 8.58. The van der Waals surface area contributed by atoms with Crippen LogP contribution in [0.25, 0.3) is 22.2 Å². The predicted octanol–water partition coefficient (Wildman–Crippen LogP) is 7.10. The van der Waals surface area contributed by atoms with Crippen molar-refractivity contribution in [3.63, 3.8) is 0 Å². The molecule has 0 aliphatic heterocycles. The van der Waals surface area contributed by atoms with Crippen LogP contribution >= 0.6 is 15.9 Å². The van der Waals surface area contributed by atoms with Gasteiger partial charge in [-0.15, -0.1) is 0 Å². The molecule has 4 rings (SSSR count). The highest BCUT2D eigenvalue weighted by Crippen LogP contribution is 2.35. The summed E-state index contributed by atoms with van der Waals surface area (Å²) in [7, 11) is 1.38. The van der Waals surface area contributed by atoms with Crippen LogP contribution in [-0.2, 0) is 17.7 Å². The fourth-order valence-electron chi connectivity index (χ4n) is 4.65. The molecule has 2 N–H and O–H groups in total. The van der Waals surface area contributed by atoms with E-state index in [0.29, 0.717) is 24.2 Å². The van der Waals surface area contributed by atoms with E-state index in [1.807, 2.05) is 49.6 Å². The molecule has 1 amide bonds. The number of hydrogen-bond acceptors (Lipinski definition) is 3. The van der Waals surface area contributed by atoms with Crippen LogP contribution in [0.5, 0.6) is 0 Å². The second kappa shape index (κ2) is 11.0. The summed E-state index contributed by atoms with van der Waals surface area (Å²) in [5.41, 5.74) is 5.38. The third-order valence-electron chi connectivity index (χ3n) is 6.35. The molecule has 2 heterocycles. The number of carbonyl (C=O) groups excluding carboxylic acids is 2. The standard InChI is InChI=1S/C30H34BrN3O3/c1-6-7-15-34-25(23(29(36)37-5)18-26(34)28(35)33-30(2,3)4)17-22-21-16-20(31)13-14-24(21)32-27(22)19-11-9-8-10-12-19/h8-14,16,18,32H,6-7,15,17H2,1-5H3,(H,33,35). The van der Waals surface area contributed by atoms with E-state index in [4.69, 9.17) is 4.74 Å². The Balaban J connectivity index is 1.95. The molecule has 2 aromatic heterocycles. The Morgan fingerprint density at radius 3 is 2.46 bits per heavy atom. The molecule has 4 aromatic rings. The summed E-state index contributed by atoms with van der Waals surface area (Å²) >= 11 is 3.62. The zero-order valence-electron chi connectivity index (χ0n) is 22.1. The first-order chi connectivity index (χ1) is 17.6. The van der Waals surface area contributed by atoms with Crippen LogP contribution < -0.4 is 5.32 Å². The number of nitrogens with zero attached hydrogens (tertiary/aromatic N) is 1. The van der Waals surface area contributed by atoms with Gasteiger partial charge in [-0.05, 0) is 62.6 Å². The van der Waals surface area contributed by atoms with Crippen molar-refractivity contribution in [1.82, 2.24) is 14.9 Å². The molecule has 0 fully saturated rings. The molecule has 0 unspecified atom stereocenters. The molecule has 6 nitrogen and oxygen atoms in total. The Hall–Kier alpha value is -3.32. The van der Waals surface area contributed by atoms with E-state index in [1.165, 1.54) is 7.11 Å². The molecule has 194 valence electrons. The molecule has 0 aliphatic rings. The number of carbonyl (C=O) groups is 2. The molecular weight excluding hydrogens is 530 g/mol. The minimum absolute atomic E-state index is 0.204. The van der Waals surface area contributed by atoms with Gasteiger partial charge in [0, 0.05) is 39.6 Å². The number of nitrogens with one attached hydrogen (secondary N) is 2. The average molecular weight is 565 g/mol. The number of benzene rings is 2. The lowest BCUT2D eigenvalue weighted by Crippen LogP contribution is -2.41. The average Bonchev–Trinajstić information content (AvgIpc) is 3.40. The zero-order chi connectivity index (χ0) is 26.7. The van der Waals surface area contributed by atoms with Gasteiger partial charge in [0.05, 0.1) is 18.4 Å². The van der Waals surface area contributed by atoms with E-state index in [2.05, 4.69) is 57.4 Å². The van der Waals surface area contributed by atoms with Crippen molar-refractivity contribution in [3.8, 4) is 11.3 Å². The van der Waals surface area contributed by atoms with Gasteiger partial charge in [-0.3, -0.25) is 4.79 Å². The van der Waals surface area contributed by atoms with E-state index in [-0.39, 0.29) is 5.91 Å². The number of esters is 1. The van der Waals surface area contributed by atoms with Gasteiger partial charge in [-0.1, -0.05) is 59.6 Å². The maximum absolute atomic E-state index is 13.4. The summed E-state index contributed by atoms with van der Waals surface area (Å²) in [4.78, 5) is 30.0. The number of unbranched alkanes of at least 4 members (excludes halogenated alkanes) is 1. The lowest BCUT2D eigenvalue weighted by atomic mass is 9.99. The number of methoxy groups -OCH3 is 1. The van der Waals surface area contributed by atoms with Crippen LogP contribution in [0.2, 0.25) is 0 Å². The van der Waals surface area contributed by atoms with Crippen molar-refractivity contribution in [1.29, 1.82) is 0 Å². The van der Waals surface area contributed by atoms with E-state index >= 15 is 0 Å². The monoisotopic (exact) mass is 563 g/mol. The molecule has 0 saturated heterocycles. The van der Waals surface area contributed by atoms with E-state index in [1.54, 1.807) is 6.07 Å². The van der Waals surface area contributed by atoms with Gasteiger partial charge in [0.2, 0.25) is 0 Å². The largest absolute Gasteiger partial charge is 0.465 e. The molecular formula is C30H34BrN3O3. The predicted molar refractivity (Wildman–Crippen MR) is 152 cm³/mol. The number of aromatic nitrogens is 2. The smallest absolute Gasteiger partial charge is 0.339 e. The summed E-state index contributed by atoms with van der Waals surface area (Å²) in [6.07, 6.45) is 2.29. The highest BCUT2D eigenvalue weighted by Gasteiger charge is 2.28. The normalized spacial score (nSPS) is 11.6. The number of fused-ring (bicyclic) bond motifs is 1. The zero-order valence-corrected chi connectivity index (χ0v) is 23.7. The molecule has 0 saturated carbocycles. The highest BCUT2D eigenvalue weighted by atomic mass is 79.9. The number of amides is 1. The van der Waals surface area contributed by atoms with Crippen LogP contribution in [0.1, 0.15) is 72.6 Å². The summed E-state index contributed by atoms with van der Waals surface area (Å²) < 4.78 is 8.15. The van der Waals surface area contributed by atoms with Crippen LogP contribution in [-0.4, -0.2) is 34.1 Å². The number of aromatic amines is 1. The fourth-order valence-corrected chi connectivity index (χ4v) is 5.01. The van der Waals surface area contributed by atoms with Crippen LogP contribution in [0.4, 0.5) is 0 Å². The van der Waals surface area contributed by atoms with Gasteiger partial charge in [-0.25, -0.2) is 4.79 Å². The highest BCUT2D eigenvalue weighted by molar-refractivity contribution is 9.10. The molecule has 7 heteroatoms. The first-order valence-corrected chi connectivity index (χ1v) is 13.4. The Bertz CT molecular complexity index is 1430. The topological polar surface area (TPSA) is 76.1 Å². The van der Waals surface area contributed by atoms with Crippen LogP contribution in [0.15, 0.2) is 59.1 Å². The molecule has 0 aliphatic carbocycles. The minimum atomic E-state index is -0.447. The van der Waals surface area contributed by atoms with Crippen LogP contribution in [0, 0.1) is 0 Å². The van der Waals surface area contributed by atoms with Gasteiger partial charge in [0.15, 0.2) is 0 Å². The summed E-state index contributed by atoms with van der Waals surface area (Å²) in [5, 5.41) is 4.12. The molecule has 37 heavy (non-hydrogen) atoms. The number of ether oxygens (including phenoxy) is 1. The van der Waals surface area contributed by atoms with Gasteiger partial charge in [0.1, 0.15) is 5.69 Å². The van der Waals surface area contributed by atoms with Crippen molar-refractivity contribution >= 4 is 38.7 Å². The Morgan fingerprint density at radius 1 is 1.08 bits per heavy atom. The maximum Gasteiger partial charge on any atom is 0.339 e. The van der Waals surface area contributed by atoms with Gasteiger partial charge in [-0.2, -0.15) is 0 Å².